The molecule has 1 atom stereocenters. The smallest absolute Gasteiger partial charge is 0.427 e. The number of benzene rings is 1. The van der Waals surface area contributed by atoms with Crippen LogP contribution in [0.15, 0.2) is 58.4 Å². The quantitative estimate of drug-likeness (QED) is 0.298. The fourth-order valence-electron chi connectivity index (χ4n) is 4.32. The van der Waals surface area contributed by atoms with Crippen LogP contribution in [0.2, 0.25) is 0 Å². The maximum Gasteiger partial charge on any atom is 0.427 e. The molecule has 1 fully saturated rings. The maximum atomic E-state index is 12.3. The van der Waals surface area contributed by atoms with Crippen LogP contribution in [0.25, 0.3) is 0 Å². The normalized spacial score (nSPS) is 15.0. The van der Waals surface area contributed by atoms with Crippen molar-refractivity contribution in [3.8, 4) is 5.75 Å². The minimum absolute atomic E-state index is 0.00478. The minimum atomic E-state index is -1.17. The van der Waals surface area contributed by atoms with Crippen LogP contribution in [-0.4, -0.2) is 84.9 Å². The van der Waals surface area contributed by atoms with E-state index in [-0.39, 0.29) is 17.8 Å². The van der Waals surface area contributed by atoms with Crippen LogP contribution in [0.4, 0.5) is 16.2 Å². The Balaban J connectivity index is 1.34. The van der Waals surface area contributed by atoms with Gasteiger partial charge >= 0.3 is 12.1 Å². The van der Waals surface area contributed by atoms with Gasteiger partial charge in [-0.15, -0.1) is 0 Å². The summed E-state index contributed by atoms with van der Waals surface area (Å²) >= 11 is 0. The Labute approximate surface area is 225 Å². The van der Waals surface area contributed by atoms with Crippen molar-refractivity contribution in [1.29, 1.82) is 0 Å². The number of carbonyl (C=O) groups is 2. The Kier molecular flexibility index (Phi) is 8.89. The van der Waals surface area contributed by atoms with E-state index in [1.165, 1.54) is 0 Å². The van der Waals surface area contributed by atoms with E-state index in [4.69, 9.17) is 4.74 Å². The first-order valence-corrected chi connectivity index (χ1v) is 12.6. The number of carboxylic acids is 1. The largest absolute Gasteiger partial charge is 0.480 e. The Bertz CT molecular complexity index is 1350. The molecule has 1 saturated heterocycles. The number of hydrazine groups is 1. The molecule has 3 N–H and O–H groups in total. The van der Waals surface area contributed by atoms with Crippen LogP contribution >= 0.6 is 0 Å². The van der Waals surface area contributed by atoms with Gasteiger partial charge in [0.15, 0.2) is 0 Å². The van der Waals surface area contributed by atoms with Crippen molar-refractivity contribution in [2.75, 3.05) is 57.0 Å². The van der Waals surface area contributed by atoms with E-state index in [9.17, 15) is 24.3 Å². The molecule has 1 aliphatic rings. The van der Waals surface area contributed by atoms with Crippen LogP contribution < -0.4 is 31.2 Å². The van der Waals surface area contributed by atoms with Crippen molar-refractivity contribution < 1.29 is 19.4 Å². The van der Waals surface area contributed by atoms with E-state index >= 15 is 0 Å². The molecule has 3 aromatic rings. The van der Waals surface area contributed by atoms with Crippen molar-refractivity contribution in [3.63, 3.8) is 0 Å². The molecular formula is C27H32N6O6. The van der Waals surface area contributed by atoms with E-state index in [1.54, 1.807) is 53.6 Å². The molecule has 206 valence electrons. The van der Waals surface area contributed by atoms with Crippen molar-refractivity contribution in [1.82, 2.24) is 20.3 Å². The van der Waals surface area contributed by atoms with Crippen LogP contribution in [0.1, 0.15) is 11.1 Å². The maximum absolute atomic E-state index is 12.3. The number of hydrogen-bond acceptors (Lipinski definition) is 10. The summed E-state index contributed by atoms with van der Waals surface area (Å²) in [5.74, 6) is -0.855. The second kappa shape index (κ2) is 12.5. The van der Waals surface area contributed by atoms with Crippen LogP contribution in [0.5, 0.6) is 5.75 Å². The van der Waals surface area contributed by atoms with Gasteiger partial charge in [-0.2, -0.15) is 0 Å². The second-order valence-corrected chi connectivity index (χ2v) is 9.58. The van der Waals surface area contributed by atoms with Gasteiger partial charge in [0.2, 0.25) is 0 Å². The summed E-state index contributed by atoms with van der Waals surface area (Å²) in [7, 11) is 3.71. The molecule has 2 aromatic carbocycles. The molecule has 0 radical (unpaired) electrons. The van der Waals surface area contributed by atoms with Gasteiger partial charge in [0.1, 0.15) is 23.2 Å². The molecule has 1 aromatic heterocycles. The van der Waals surface area contributed by atoms with Crippen molar-refractivity contribution in [2.24, 2.45) is 0 Å². The summed E-state index contributed by atoms with van der Waals surface area (Å²) < 4.78 is 5.33. The average Bonchev–Trinajstić information content (AvgIpc) is 2.93. The molecule has 4 rings (SSSR count). The number of pyridine rings is 1. The van der Waals surface area contributed by atoms with E-state index in [1.807, 2.05) is 19.2 Å². The number of likely N-dealkylation sites (N-methyl/N-ethyl adjacent to an activating group) is 2. The fraction of sp³-hybridized carbons (Fsp3) is 0.370. The van der Waals surface area contributed by atoms with Crippen molar-refractivity contribution >= 4 is 23.4 Å². The predicted octanol–water partition coefficient (Wildman–Crippen LogP) is 0.715. The number of aliphatic carboxylic acids is 1. The van der Waals surface area contributed by atoms with Gasteiger partial charge in [-0.05, 0) is 48.9 Å². The van der Waals surface area contributed by atoms with Gasteiger partial charge in [0.05, 0.1) is 0 Å². The summed E-state index contributed by atoms with van der Waals surface area (Å²) in [5, 5.41) is 14.3. The lowest BCUT2D eigenvalue weighted by Gasteiger charge is -2.31. The van der Waals surface area contributed by atoms with Crippen LogP contribution in [0.3, 0.4) is 0 Å². The molecule has 0 unspecified atom stereocenters. The molecule has 0 spiro atoms. The van der Waals surface area contributed by atoms with Gasteiger partial charge in [-0.1, -0.05) is 12.1 Å². The molecular weight excluding hydrogens is 504 g/mol. The number of amides is 1. The molecule has 12 heteroatoms. The van der Waals surface area contributed by atoms with E-state index in [0.29, 0.717) is 37.4 Å². The number of aromatic nitrogens is 1. The summed E-state index contributed by atoms with van der Waals surface area (Å²) in [5.41, 5.74) is 3.19. The molecule has 0 bridgehead atoms. The minimum Gasteiger partial charge on any atom is -0.480 e. The summed E-state index contributed by atoms with van der Waals surface area (Å²) in [6, 6.07) is 9.05. The van der Waals surface area contributed by atoms with Crippen molar-refractivity contribution in [2.45, 2.75) is 18.9 Å². The zero-order valence-corrected chi connectivity index (χ0v) is 21.9. The highest BCUT2D eigenvalue weighted by Crippen LogP contribution is 2.22. The Morgan fingerprint density at radius 1 is 1.03 bits per heavy atom. The number of carbonyl (C=O) groups excluding carboxylic acids is 1. The van der Waals surface area contributed by atoms with Gasteiger partial charge in [-0.3, -0.25) is 20.0 Å². The number of anilines is 2. The number of hydrogen-bond donors (Lipinski definition) is 3. The van der Waals surface area contributed by atoms with E-state index in [2.05, 4.69) is 20.6 Å². The lowest BCUT2D eigenvalue weighted by atomic mass is 10.0. The first-order chi connectivity index (χ1) is 18.7. The fourth-order valence-corrected chi connectivity index (χ4v) is 4.32. The highest BCUT2D eigenvalue weighted by molar-refractivity contribution is 5.83. The highest BCUT2D eigenvalue weighted by Gasteiger charge is 2.28. The van der Waals surface area contributed by atoms with E-state index in [0.717, 1.165) is 18.7 Å². The highest BCUT2D eigenvalue weighted by atomic mass is 16.6. The molecule has 2 heterocycles. The third kappa shape index (κ3) is 7.18. The lowest BCUT2D eigenvalue weighted by Crippen LogP contribution is -2.53. The first kappa shape index (κ1) is 27.7. The molecule has 0 aliphatic carbocycles. The number of nitrogens with zero attached hydrogens (tertiary/aromatic N) is 4. The number of nitrogens with one attached hydrogen (secondary N) is 2. The molecule has 1 aliphatic heterocycles. The average molecular weight is 537 g/mol. The summed E-state index contributed by atoms with van der Waals surface area (Å²) in [6.45, 7) is 3.54. The molecule has 39 heavy (non-hydrogen) atoms. The Morgan fingerprint density at radius 2 is 1.69 bits per heavy atom. The number of ether oxygens (including phenoxy) is 1. The molecule has 0 saturated carbocycles. The number of rotatable bonds is 11. The van der Waals surface area contributed by atoms with Gasteiger partial charge in [-0.25, -0.2) is 14.6 Å². The molecule has 1 amide bonds. The second-order valence-electron chi connectivity index (χ2n) is 9.58. The topological polar surface area (TPSA) is 144 Å². The lowest BCUT2D eigenvalue weighted by molar-refractivity contribution is -0.137. The van der Waals surface area contributed by atoms with Crippen LogP contribution in [0, 0.1) is 0 Å². The monoisotopic (exact) mass is 536 g/mol. The van der Waals surface area contributed by atoms with E-state index < -0.39 is 29.0 Å². The number of carboxylic acid groups (broad SMARTS) is 1. The first-order valence-electron chi connectivity index (χ1n) is 12.6. The van der Waals surface area contributed by atoms with Gasteiger partial charge < -0.3 is 25.0 Å². The third-order valence-electron chi connectivity index (χ3n) is 6.70. The zero-order valence-electron chi connectivity index (χ0n) is 21.9. The number of piperazine rings is 1. The summed E-state index contributed by atoms with van der Waals surface area (Å²) in [4.78, 5) is 56.6. The summed E-state index contributed by atoms with van der Waals surface area (Å²) in [6.07, 6.45) is 3.43. The van der Waals surface area contributed by atoms with Crippen molar-refractivity contribution in [3.05, 3.63) is 80.4 Å². The standard InChI is InChI=1S/C27H32N6O6/c1-31-13-15-33(16-14-31)30-27(38)39-20-5-3-19(4-6-20)17-21(26(36)37)29-22-23(25(35)24(22)34)32(2)12-9-18-7-10-28-11-8-18/h3-8,10-11,21,29H,9,12-17H2,1-2H3,(H,30,38)(H,36,37)/t21-/m0/s1. The SMILES string of the molecule is CN1CCN(NC(=O)Oc2ccc(C[C@H](Nc3c(N(C)CCc4ccncc4)c(=O)c3=O)C(=O)O)cc2)CC1. The van der Waals surface area contributed by atoms with Gasteiger partial charge in [0.25, 0.3) is 10.9 Å². The Morgan fingerprint density at radius 3 is 2.33 bits per heavy atom. The van der Waals surface area contributed by atoms with Gasteiger partial charge in [0, 0.05) is 58.6 Å². The third-order valence-corrected chi connectivity index (χ3v) is 6.70. The molecule has 12 nitrogen and oxygen atoms in total. The predicted molar refractivity (Wildman–Crippen MR) is 146 cm³/mol. The van der Waals surface area contributed by atoms with Crippen LogP contribution in [-0.2, 0) is 17.6 Å². The Hall–Kier alpha value is -4.29. The zero-order chi connectivity index (χ0) is 27.9.